The molecular formula is C16H14N4O. The molecule has 104 valence electrons. The molecule has 5 nitrogen and oxygen atoms in total. The topological polar surface area (TPSA) is 50.5 Å². The Morgan fingerprint density at radius 1 is 1.24 bits per heavy atom. The summed E-state index contributed by atoms with van der Waals surface area (Å²) >= 11 is 0. The summed E-state index contributed by atoms with van der Waals surface area (Å²) in [6.07, 6.45) is 1.72. The smallest absolute Gasteiger partial charge is 0.254 e. The molecule has 0 fully saturated rings. The number of rotatable bonds is 1. The summed E-state index contributed by atoms with van der Waals surface area (Å²) in [6.45, 7) is 2.65. The number of benzene rings is 1. The van der Waals surface area contributed by atoms with Crippen molar-refractivity contribution in [2.75, 3.05) is 7.05 Å². The van der Waals surface area contributed by atoms with E-state index in [1.165, 1.54) is 0 Å². The van der Waals surface area contributed by atoms with E-state index in [9.17, 15) is 4.79 Å². The molecule has 0 aliphatic carbocycles. The van der Waals surface area contributed by atoms with Crippen molar-refractivity contribution in [2.24, 2.45) is 0 Å². The van der Waals surface area contributed by atoms with Gasteiger partial charge < -0.3 is 4.90 Å². The number of carbonyl (C=O) groups excluding carboxylic acids is 1. The van der Waals surface area contributed by atoms with Crippen LogP contribution in [0.1, 0.15) is 21.6 Å². The lowest BCUT2D eigenvalue weighted by Gasteiger charge is -2.04. The quantitative estimate of drug-likeness (QED) is 0.686. The first kappa shape index (κ1) is 12.1. The first-order valence-corrected chi connectivity index (χ1v) is 6.84. The van der Waals surface area contributed by atoms with Crippen molar-refractivity contribution >= 4 is 11.4 Å². The van der Waals surface area contributed by atoms with Crippen LogP contribution in [-0.2, 0) is 6.54 Å². The van der Waals surface area contributed by atoms with Gasteiger partial charge in [0.15, 0.2) is 0 Å². The van der Waals surface area contributed by atoms with Gasteiger partial charge in [-0.05, 0) is 42.3 Å². The number of amides is 1. The van der Waals surface area contributed by atoms with Crippen molar-refractivity contribution in [3.63, 3.8) is 0 Å². The molecule has 0 spiro atoms. The van der Waals surface area contributed by atoms with Crippen molar-refractivity contribution in [3.8, 4) is 11.1 Å². The fraction of sp³-hybridized carbons (Fsp3) is 0.188. The van der Waals surface area contributed by atoms with Gasteiger partial charge in [-0.25, -0.2) is 0 Å². The number of hydrogen-bond acceptors (Lipinski definition) is 3. The summed E-state index contributed by atoms with van der Waals surface area (Å²) in [5.41, 5.74) is 5.94. The van der Waals surface area contributed by atoms with Gasteiger partial charge in [0.2, 0.25) is 0 Å². The van der Waals surface area contributed by atoms with Gasteiger partial charge in [-0.2, -0.15) is 14.8 Å². The van der Waals surface area contributed by atoms with E-state index in [1.807, 2.05) is 38.2 Å². The highest BCUT2D eigenvalue weighted by Gasteiger charge is 2.25. The molecule has 0 unspecified atom stereocenters. The normalized spacial score (nSPS) is 14.0. The number of nitrogens with zero attached hydrogens (tertiary/aromatic N) is 4. The molecule has 0 N–H and O–H groups in total. The predicted molar refractivity (Wildman–Crippen MR) is 79.0 cm³/mol. The van der Waals surface area contributed by atoms with Gasteiger partial charge in [-0.1, -0.05) is 6.07 Å². The Morgan fingerprint density at radius 3 is 2.95 bits per heavy atom. The molecule has 0 saturated carbocycles. The Hall–Kier alpha value is -2.69. The van der Waals surface area contributed by atoms with Gasteiger partial charge in [-0.3, -0.25) is 4.79 Å². The Kier molecular flexibility index (Phi) is 2.39. The standard InChI is InChI=1S/C16H14N4O/c1-10-15(14-4-3-7-17-20(14)18-10)11-5-6-13-12(8-11)9-19(2)16(13)21/h3-8H,9H2,1-2H3. The van der Waals surface area contributed by atoms with E-state index in [1.54, 1.807) is 15.7 Å². The van der Waals surface area contributed by atoms with Crippen molar-refractivity contribution in [1.29, 1.82) is 0 Å². The van der Waals surface area contributed by atoms with E-state index in [4.69, 9.17) is 0 Å². The van der Waals surface area contributed by atoms with Gasteiger partial charge in [-0.15, -0.1) is 0 Å². The lowest BCUT2D eigenvalue weighted by molar-refractivity contribution is 0.0816. The van der Waals surface area contributed by atoms with Gasteiger partial charge in [0, 0.05) is 30.9 Å². The predicted octanol–water partition coefficient (Wildman–Crippen LogP) is 2.29. The molecule has 0 radical (unpaired) electrons. The highest BCUT2D eigenvalue weighted by atomic mass is 16.2. The molecular weight excluding hydrogens is 264 g/mol. The number of fused-ring (bicyclic) bond motifs is 2. The number of hydrogen-bond donors (Lipinski definition) is 0. The van der Waals surface area contributed by atoms with Crippen LogP contribution in [0.15, 0.2) is 36.5 Å². The second-order valence-electron chi connectivity index (χ2n) is 5.39. The Morgan fingerprint density at radius 2 is 2.10 bits per heavy atom. The molecule has 1 amide bonds. The van der Waals surface area contributed by atoms with E-state index in [0.717, 1.165) is 33.5 Å². The molecule has 1 aromatic carbocycles. The molecule has 1 aliphatic rings. The molecule has 21 heavy (non-hydrogen) atoms. The van der Waals surface area contributed by atoms with E-state index in [2.05, 4.69) is 16.3 Å². The third-order valence-corrected chi connectivity index (χ3v) is 3.97. The van der Waals surface area contributed by atoms with Crippen LogP contribution >= 0.6 is 0 Å². The Bertz CT molecular complexity index is 881. The van der Waals surface area contributed by atoms with Crippen LogP contribution in [0.3, 0.4) is 0 Å². The monoisotopic (exact) mass is 278 g/mol. The summed E-state index contributed by atoms with van der Waals surface area (Å²) in [6, 6.07) is 9.91. The molecule has 4 rings (SSSR count). The number of aryl methyl sites for hydroxylation is 1. The van der Waals surface area contributed by atoms with Crippen LogP contribution in [-0.4, -0.2) is 32.7 Å². The van der Waals surface area contributed by atoms with E-state index in [-0.39, 0.29) is 5.91 Å². The van der Waals surface area contributed by atoms with Crippen LogP contribution < -0.4 is 0 Å². The van der Waals surface area contributed by atoms with E-state index >= 15 is 0 Å². The van der Waals surface area contributed by atoms with Crippen molar-refractivity contribution in [3.05, 3.63) is 53.3 Å². The van der Waals surface area contributed by atoms with Crippen molar-refractivity contribution < 1.29 is 4.79 Å². The SMILES string of the molecule is Cc1nn2ncccc2c1-c1ccc2c(c1)CN(C)C2=O. The lowest BCUT2D eigenvalue weighted by atomic mass is 9.99. The van der Waals surface area contributed by atoms with Gasteiger partial charge >= 0.3 is 0 Å². The van der Waals surface area contributed by atoms with Gasteiger partial charge in [0.25, 0.3) is 5.91 Å². The van der Waals surface area contributed by atoms with Gasteiger partial charge in [0.1, 0.15) is 0 Å². The number of carbonyl (C=O) groups is 1. The van der Waals surface area contributed by atoms with Crippen LogP contribution in [0, 0.1) is 6.92 Å². The molecule has 0 bridgehead atoms. The summed E-state index contributed by atoms with van der Waals surface area (Å²) in [5.74, 6) is 0.0924. The second-order valence-corrected chi connectivity index (χ2v) is 5.39. The Labute approximate surface area is 121 Å². The average molecular weight is 278 g/mol. The average Bonchev–Trinajstić information content (AvgIpc) is 2.95. The molecule has 3 aromatic rings. The summed E-state index contributed by atoms with van der Waals surface area (Å²) in [7, 11) is 1.83. The lowest BCUT2D eigenvalue weighted by Crippen LogP contribution is -2.17. The van der Waals surface area contributed by atoms with Gasteiger partial charge in [0.05, 0.1) is 11.2 Å². The molecule has 3 heterocycles. The fourth-order valence-corrected chi connectivity index (χ4v) is 2.98. The summed E-state index contributed by atoms with van der Waals surface area (Å²) in [4.78, 5) is 13.7. The van der Waals surface area contributed by atoms with Crippen LogP contribution in [0.4, 0.5) is 0 Å². The minimum absolute atomic E-state index is 0.0924. The molecule has 5 heteroatoms. The third-order valence-electron chi connectivity index (χ3n) is 3.97. The highest BCUT2D eigenvalue weighted by molar-refractivity contribution is 5.99. The highest BCUT2D eigenvalue weighted by Crippen LogP contribution is 2.31. The maximum absolute atomic E-state index is 12.0. The minimum atomic E-state index is 0.0924. The Balaban J connectivity index is 1.93. The van der Waals surface area contributed by atoms with E-state index in [0.29, 0.717) is 6.54 Å². The molecule has 1 aliphatic heterocycles. The largest absolute Gasteiger partial charge is 0.337 e. The third kappa shape index (κ3) is 1.67. The zero-order chi connectivity index (χ0) is 14.6. The van der Waals surface area contributed by atoms with Crippen LogP contribution in [0.5, 0.6) is 0 Å². The van der Waals surface area contributed by atoms with Crippen LogP contribution in [0.25, 0.3) is 16.6 Å². The number of aromatic nitrogens is 3. The minimum Gasteiger partial charge on any atom is -0.337 e. The van der Waals surface area contributed by atoms with Crippen molar-refractivity contribution in [1.82, 2.24) is 19.7 Å². The summed E-state index contributed by atoms with van der Waals surface area (Å²) < 4.78 is 1.65. The summed E-state index contributed by atoms with van der Waals surface area (Å²) in [5, 5.41) is 8.67. The first-order valence-electron chi connectivity index (χ1n) is 6.84. The second kappa shape index (κ2) is 4.15. The zero-order valence-electron chi connectivity index (χ0n) is 11.9. The fourth-order valence-electron chi connectivity index (χ4n) is 2.98. The molecule has 0 atom stereocenters. The zero-order valence-corrected chi connectivity index (χ0v) is 11.9. The van der Waals surface area contributed by atoms with E-state index < -0.39 is 0 Å². The van der Waals surface area contributed by atoms with Crippen LogP contribution in [0.2, 0.25) is 0 Å². The molecule has 0 saturated heterocycles. The maximum Gasteiger partial charge on any atom is 0.254 e. The van der Waals surface area contributed by atoms with Crippen molar-refractivity contribution in [2.45, 2.75) is 13.5 Å². The maximum atomic E-state index is 12.0. The molecule has 2 aromatic heterocycles. The first-order chi connectivity index (χ1) is 10.1.